The van der Waals surface area contributed by atoms with Gasteiger partial charge in [0.1, 0.15) is 5.01 Å². The summed E-state index contributed by atoms with van der Waals surface area (Å²) < 4.78 is 1.53. The lowest BCUT2D eigenvalue weighted by molar-refractivity contribution is 0.731. The van der Waals surface area contributed by atoms with Gasteiger partial charge < -0.3 is 0 Å². The van der Waals surface area contributed by atoms with Gasteiger partial charge in [-0.25, -0.2) is 9.97 Å². The molecule has 2 rings (SSSR count). The standard InChI is InChI=1S/C8H7N3OS/c12-8-1-2-9-6-11(8)5-7-10-3-4-13-7/h1-4,6H,5H2. The maximum atomic E-state index is 11.2. The molecule has 4 nitrogen and oxygen atoms in total. The van der Waals surface area contributed by atoms with Crippen molar-refractivity contribution in [3.63, 3.8) is 0 Å². The summed E-state index contributed by atoms with van der Waals surface area (Å²) in [6, 6.07) is 1.44. The molecule has 0 radical (unpaired) electrons. The van der Waals surface area contributed by atoms with Gasteiger partial charge >= 0.3 is 0 Å². The third-order valence-electron chi connectivity index (χ3n) is 1.58. The number of hydrogen-bond acceptors (Lipinski definition) is 4. The molecule has 0 atom stereocenters. The molecule has 0 saturated heterocycles. The summed E-state index contributed by atoms with van der Waals surface area (Å²) >= 11 is 1.53. The van der Waals surface area contributed by atoms with Gasteiger partial charge in [0.05, 0.1) is 12.9 Å². The molecule has 0 aromatic carbocycles. The lowest BCUT2D eigenvalue weighted by atomic mass is 10.6. The summed E-state index contributed by atoms with van der Waals surface area (Å²) in [6.45, 7) is 0.504. The number of aromatic nitrogens is 3. The van der Waals surface area contributed by atoms with Crippen LogP contribution < -0.4 is 5.56 Å². The van der Waals surface area contributed by atoms with Gasteiger partial charge in [0.15, 0.2) is 0 Å². The first-order chi connectivity index (χ1) is 6.36. The second kappa shape index (κ2) is 3.49. The monoisotopic (exact) mass is 193 g/mol. The van der Waals surface area contributed by atoms with E-state index >= 15 is 0 Å². The predicted molar refractivity (Wildman–Crippen MR) is 49.7 cm³/mol. The highest BCUT2D eigenvalue weighted by atomic mass is 32.1. The molecule has 0 fully saturated rings. The molecule has 2 aromatic rings. The average Bonchev–Trinajstić information content (AvgIpc) is 2.61. The van der Waals surface area contributed by atoms with Gasteiger partial charge in [-0.15, -0.1) is 11.3 Å². The van der Waals surface area contributed by atoms with Gasteiger partial charge in [0.25, 0.3) is 5.56 Å². The molecule has 2 heterocycles. The van der Waals surface area contributed by atoms with Crippen molar-refractivity contribution in [3.8, 4) is 0 Å². The molecular weight excluding hydrogens is 186 g/mol. The Balaban J connectivity index is 2.29. The van der Waals surface area contributed by atoms with E-state index in [0.29, 0.717) is 6.54 Å². The predicted octanol–water partition coefficient (Wildman–Crippen LogP) is 0.748. The molecule has 2 aromatic heterocycles. The van der Waals surface area contributed by atoms with E-state index in [4.69, 9.17) is 0 Å². The van der Waals surface area contributed by atoms with Crippen molar-refractivity contribution in [2.45, 2.75) is 6.54 Å². The first-order valence-electron chi connectivity index (χ1n) is 3.75. The first kappa shape index (κ1) is 8.12. The van der Waals surface area contributed by atoms with Crippen LogP contribution in [0.3, 0.4) is 0 Å². The molecule has 66 valence electrons. The van der Waals surface area contributed by atoms with Crippen LogP contribution in [0.4, 0.5) is 0 Å². The fraction of sp³-hybridized carbons (Fsp3) is 0.125. The summed E-state index contributed by atoms with van der Waals surface area (Å²) in [6.07, 6.45) is 4.73. The number of nitrogens with zero attached hydrogens (tertiary/aromatic N) is 3. The summed E-state index contributed by atoms with van der Waals surface area (Å²) in [4.78, 5) is 19.2. The van der Waals surface area contributed by atoms with Gasteiger partial charge in [-0.1, -0.05) is 0 Å². The Morgan fingerprint density at radius 2 is 2.38 bits per heavy atom. The van der Waals surface area contributed by atoms with Crippen LogP contribution in [0.5, 0.6) is 0 Å². The molecule has 0 spiro atoms. The van der Waals surface area contributed by atoms with Crippen molar-refractivity contribution in [2.24, 2.45) is 0 Å². The summed E-state index contributed by atoms with van der Waals surface area (Å²) in [5.74, 6) is 0. The molecule has 13 heavy (non-hydrogen) atoms. The highest BCUT2D eigenvalue weighted by Gasteiger charge is 1.98. The van der Waals surface area contributed by atoms with E-state index in [1.807, 2.05) is 5.38 Å². The molecular formula is C8H7N3OS. The summed E-state index contributed by atoms with van der Waals surface area (Å²) in [5.41, 5.74) is -0.0507. The minimum Gasteiger partial charge on any atom is -0.292 e. The Kier molecular flexibility index (Phi) is 2.18. The van der Waals surface area contributed by atoms with Gasteiger partial charge in [0, 0.05) is 23.8 Å². The third-order valence-corrected chi connectivity index (χ3v) is 2.35. The van der Waals surface area contributed by atoms with E-state index in [1.54, 1.807) is 6.20 Å². The van der Waals surface area contributed by atoms with Crippen LogP contribution in [0, 0.1) is 0 Å². The molecule has 5 heteroatoms. The van der Waals surface area contributed by atoms with Crippen molar-refractivity contribution in [1.29, 1.82) is 0 Å². The number of hydrogen-bond donors (Lipinski definition) is 0. The fourth-order valence-electron chi connectivity index (χ4n) is 0.974. The topological polar surface area (TPSA) is 47.8 Å². The van der Waals surface area contributed by atoms with Crippen molar-refractivity contribution in [1.82, 2.24) is 14.5 Å². The van der Waals surface area contributed by atoms with Crippen LogP contribution in [0.15, 0.2) is 35.0 Å². The Labute approximate surface area is 78.5 Å². The van der Waals surface area contributed by atoms with Crippen molar-refractivity contribution < 1.29 is 0 Å². The minimum absolute atomic E-state index is 0.0507. The van der Waals surface area contributed by atoms with Gasteiger partial charge in [-0.05, 0) is 0 Å². The smallest absolute Gasteiger partial charge is 0.253 e. The van der Waals surface area contributed by atoms with Crippen LogP contribution in [0.2, 0.25) is 0 Å². The van der Waals surface area contributed by atoms with Crippen LogP contribution in [-0.4, -0.2) is 14.5 Å². The SMILES string of the molecule is O=c1ccncn1Cc1nccs1. The van der Waals surface area contributed by atoms with Crippen molar-refractivity contribution in [3.05, 3.63) is 45.5 Å². The Morgan fingerprint density at radius 1 is 1.46 bits per heavy atom. The Hall–Kier alpha value is -1.49. The molecule has 0 saturated carbocycles. The maximum Gasteiger partial charge on any atom is 0.253 e. The molecule has 0 unspecified atom stereocenters. The van der Waals surface area contributed by atoms with Gasteiger partial charge in [0.2, 0.25) is 0 Å². The quantitative estimate of drug-likeness (QED) is 0.707. The highest BCUT2D eigenvalue weighted by molar-refractivity contribution is 7.09. The Morgan fingerprint density at radius 3 is 3.08 bits per heavy atom. The van der Waals surface area contributed by atoms with Gasteiger partial charge in [-0.2, -0.15) is 0 Å². The molecule has 0 bridgehead atoms. The largest absolute Gasteiger partial charge is 0.292 e. The summed E-state index contributed by atoms with van der Waals surface area (Å²) in [7, 11) is 0. The van der Waals surface area contributed by atoms with Crippen LogP contribution >= 0.6 is 11.3 Å². The molecule has 0 aliphatic rings. The molecule has 0 amide bonds. The zero-order valence-corrected chi connectivity index (χ0v) is 7.57. The van der Waals surface area contributed by atoms with Crippen molar-refractivity contribution >= 4 is 11.3 Å². The minimum atomic E-state index is -0.0507. The van der Waals surface area contributed by atoms with E-state index in [-0.39, 0.29) is 5.56 Å². The Bertz CT molecular complexity index is 435. The highest BCUT2D eigenvalue weighted by Crippen LogP contribution is 2.04. The zero-order valence-electron chi connectivity index (χ0n) is 6.75. The number of rotatable bonds is 2. The fourth-order valence-corrected chi connectivity index (χ4v) is 1.59. The van der Waals surface area contributed by atoms with Crippen LogP contribution in [0.25, 0.3) is 0 Å². The van der Waals surface area contributed by atoms with E-state index in [1.165, 1.54) is 34.5 Å². The van der Waals surface area contributed by atoms with Crippen LogP contribution in [-0.2, 0) is 6.54 Å². The lowest BCUT2D eigenvalue weighted by Gasteiger charge is -1.99. The second-order valence-electron chi connectivity index (χ2n) is 2.47. The average molecular weight is 193 g/mol. The second-order valence-corrected chi connectivity index (χ2v) is 3.45. The third kappa shape index (κ3) is 1.81. The van der Waals surface area contributed by atoms with E-state index in [2.05, 4.69) is 9.97 Å². The van der Waals surface area contributed by atoms with E-state index in [9.17, 15) is 4.79 Å². The van der Waals surface area contributed by atoms with E-state index < -0.39 is 0 Å². The van der Waals surface area contributed by atoms with Crippen LogP contribution in [0.1, 0.15) is 5.01 Å². The van der Waals surface area contributed by atoms with Gasteiger partial charge in [-0.3, -0.25) is 9.36 Å². The zero-order chi connectivity index (χ0) is 9.10. The van der Waals surface area contributed by atoms with E-state index in [0.717, 1.165) is 5.01 Å². The molecule has 0 N–H and O–H groups in total. The normalized spacial score (nSPS) is 10.2. The summed E-state index contributed by atoms with van der Waals surface area (Å²) in [5, 5.41) is 2.80. The maximum absolute atomic E-state index is 11.2. The first-order valence-corrected chi connectivity index (χ1v) is 4.63. The molecule has 0 aliphatic carbocycles. The number of thiazole rings is 1. The molecule has 0 aliphatic heterocycles. The van der Waals surface area contributed by atoms with Crippen molar-refractivity contribution in [2.75, 3.05) is 0 Å². The lowest BCUT2D eigenvalue weighted by Crippen LogP contribution is -2.19.